The third-order valence-electron chi connectivity index (χ3n) is 3.31. The molecule has 25 heavy (non-hydrogen) atoms. The highest BCUT2D eigenvalue weighted by molar-refractivity contribution is 5.93. The van der Waals surface area contributed by atoms with E-state index in [1.54, 1.807) is 0 Å². The first-order chi connectivity index (χ1) is 12.0. The Morgan fingerprint density at radius 2 is 1.72 bits per heavy atom. The number of carbonyl (C=O) groups is 2. The highest BCUT2D eigenvalue weighted by Crippen LogP contribution is 2.15. The summed E-state index contributed by atoms with van der Waals surface area (Å²) in [5.74, 6) is -1.63. The average molecular weight is 344 g/mol. The van der Waals surface area contributed by atoms with Gasteiger partial charge in [0.25, 0.3) is 11.6 Å². The van der Waals surface area contributed by atoms with Gasteiger partial charge in [-0.15, -0.1) is 0 Å². The Balaban J connectivity index is 2.10. The highest BCUT2D eigenvalue weighted by atomic mass is 16.7. The number of aliphatic carboxylic acids is 1. The Kier molecular flexibility index (Phi) is 6.19. The maximum Gasteiger partial charge on any atom is 0.305 e. The first-order valence-corrected chi connectivity index (χ1v) is 7.42. The lowest BCUT2D eigenvalue weighted by Crippen LogP contribution is -2.33. The van der Waals surface area contributed by atoms with Crippen LogP contribution in [-0.2, 0) is 16.2 Å². The zero-order chi connectivity index (χ0) is 18.2. The number of hydrogen-bond donors (Lipinski definition) is 1. The van der Waals surface area contributed by atoms with E-state index < -0.39 is 16.8 Å². The number of amides is 1. The monoisotopic (exact) mass is 344 g/mol. The van der Waals surface area contributed by atoms with Gasteiger partial charge in [0.2, 0.25) is 0 Å². The van der Waals surface area contributed by atoms with Crippen LogP contribution < -0.4 is 0 Å². The minimum Gasteiger partial charge on any atom is -0.481 e. The fourth-order valence-electron chi connectivity index (χ4n) is 2.02. The number of carbonyl (C=O) groups excluding carboxylic acids is 1. The number of carboxylic acids is 1. The lowest BCUT2D eigenvalue weighted by atomic mass is 10.2. The lowest BCUT2D eigenvalue weighted by Gasteiger charge is -2.21. The van der Waals surface area contributed by atoms with Gasteiger partial charge in [0.1, 0.15) is 6.61 Å². The highest BCUT2D eigenvalue weighted by Gasteiger charge is 2.19. The molecular formula is C17H16N2O6. The van der Waals surface area contributed by atoms with Crippen molar-refractivity contribution < 1.29 is 24.5 Å². The number of benzene rings is 2. The molecule has 0 aliphatic rings. The van der Waals surface area contributed by atoms with E-state index in [-0.39, 0.29) is 30.8 Å². The molecule has 2 rings (SSSR count). The van der Waals surface area contributed by atoms with Crippen LogP contribution in [0, 0.1) is 10.1 Å². The van der Waals surface area contributed by atoms with Crippen LogP contribution in [0.25, 0.3) is 0 Å². The second-order valence-electron chi connectivity index (χ2n) is 5.11. The SMILES string of the molecule is O=C(O)CCN(OCc1ccccc1)C(=O)c1ccc([N+](=O)[O-])cc1. The van der Waals surface area contributed by atoms with Gasteiger partial charge in [-0.25, -0.2) is 5.06 Å². The van der Waals surface area contributed by atoms with Crippen LogP contribution in [0.1, 0.15) is 22.3 Å². The molecule has 2 aromatic rings. The minimum absolute atomic E-state index is 0.0964. The Labute approximate surface area is 143 Å². The molecule has 0 fully saturated rings. The molecule has 0 aliphatic carbocycles. The number of carboxylic acid groups (broad SMARTS) is 1. The average Bonchev–Trinajstić information content (AvgIpc) is 2.62. The number of nitro benzene ring substituents is 1. The quantitative estimate of drug-likeness (QED) is 0.582. The van der Waals surface area contributed by atoms with Crippen LogP contribution in [0.2, 0.25) is 0 Å². The first kappa shape index (κ1) is 18.1. The van der Waals surface area contributed by atoms with Gasteiger partial charge in [-0.3, -0.25) is 24.5 Å². The van der Waals surface area contributed by atoms with Gasteiger partial charge in [0.05, 0.1) is 17.9 Å². The van der Waals surface area contributed by atoms with Crippen LogP contribution in [0.5, 0.6) is 0 Å². The molecule has 0 saturated heterocycles. The van der Waals surface area contributed by atoms with Crippen LogP contribution in [-0.4, -0.2) is 33.5 Å². The lowest BCUT2D eigenvalue weighted by molar-refractivity contribution is -0.384. The van der Waals surface area contributed by atoms with Gasteiger partial charge in [0, 0.05) is 17.7 Å². The fraction of sp³-hybridized carbons (Fsp3) is 0.176. The molecule has 0 aliphatic heterocycles. The van der Waals surface area contributed by atoms with Crippen molar-refractivity contribution in [3.05, 3.63) is 75.8 Å². The predicted molar refractivity (Wildman–Crippen MR) is 87.6 cm³/mol. The Hall–Kier alpha value is -3.26. The standard InChI is InChI=1S/C17H16N2O6/c20-16(21)10-11-18(25-12-13-4-2-1-3-5-13)17(22)14-6-8-15(9-7-14)19(23)24/h1-9H,10-12H2,(H,20,21). The summed E-state index contributed by atoms with van der Waals surface area (Å²) >= 11 is 0. The van der Waals surface area contributed by atoms with E-state index in [1.807, 2.05) is 30.3 Å². The van der Waals surface area contributed by atoms with E-state index in [2.05, 4.69) is 0 Å². The largest absolute Gasteiger partial charge is 0.481 e. The predicted octanol–water partition coefficient (Wildman–Crippen LogP) is 2.64. The molecule has 0 atom stereocenters. The maximum atomic E-state index is 12.5. The van der Waals surface area contributed by atoms with Crippen LogP contribution >= 0.6 is 0 Å². The molecular weight excluding hydrogens is 328 g/mol. The first-order valence-electron chi connectivity index (χ1n) is 7.42. The molecule has 8 nitrogen and oxygen atoms in total. The van der Waals surface area contributed by atoms with Crippen molar-refractivity contribution in [2.45, 2.75) is 13.0 Å². The zero-order valence-electron chi connectivity index (χ0n) is 13.2. The van der Waals surface area contributed by atoms with E-state index in [0.29, 0.717) is 0 Å². The fourth-order valence-corrected chi connectivity index (χ4v) is 2.02. The molecule has 0 bridgehead atoms. The number of non-ortho nitro benzene ring substituents is 1. The van der Waals surface area contributed by atoms with Crippen molar-refractivity contribution in [1.29, 1.82) is 0 Å². The molecule has 0 radical (unpaired) electrons. The van der Waals surface area contributed by atoms with E-state index in [9.17, 15) is 19.7 Å². The van der Waals surface area contributed by atoms with Crippen LogP contribution in [0.15, 0.2) is 54.6 Å². The molecule has 1 amide bonds. The van der Waals surface area contributed by atoms with Crippen molar-refractivity contribution in [2.75, 3.05) is 6.54 Å². The molecule has 0 unspecified atom stereocenters. The minimum atomic E-state index is -1.06. The van der Waals surface area contributed by atoms with Crippen molar-refractivity contribution in [3.63, 3.8) is 0 Å². The Morgan fingerprint density at radius 1 is 1.08 bits per heavy atom. The summed E-state index contributed by atoms with van der Waals surface area (Å²) in [4.78, 5) is 38.9. The van der Waals surface area contributed by atoms with Gasteiger partial charge in [-0.05, 0) is 17.7 Å². The molecule has 0 saturated carbocycles. The molecule has 8 heteroatoms. The molecule has 130 valence electrons. The van der Waals surface area contributed by atoms with E-state index in [4.69, 9.17) is 9.94 Å². The topological polar surface area (TPSA) is 110 Å². The van der Waals surface area contributed by atoms with Gasteiger partial charge in [0.15, 0.2) is 0 Å². The number of hydroxylamine groups is 2. The van der Waals surface area contributed by atoms with Crippen LogP contribution in [0.3, 0.4) is 0 Å². The summed E-state index contributed by atoms with van der Waals surface area (Å²) in [6.45, 7) is -0.0445. The van der Waals surface area contributed by atoms with Gasteiger partial charge >= 0.3 is 5.97 Å². The van der Waals surface area contributed by atoms with E-state index in [1.165, 1.54) is 24.3 Å². The molecule has 0 aromatic heterocycles. The van der Waals surface area contributed by atoms with Crippen LogP contribution in [0.4, 0.5) is 5.69 Å². The van der Waals surface area contributed by atoms with Crippen molar-refractivity contribution >= 4 is 17.6 Å². The number of nitrogens with zero attached hydrogens (tertiary/aromatic N) is 2. The van der Waals surface area contributed by atoms with Gasteiger partial charge in [-0.2, -0.15) is 0 Å². The summed E-state index contributed by atoms with van der Waals surface area (Å²) < 4.78 is 0. The summed E-state index contributed by atoms with van der Waals surface area (Å²) in [6, 6.07) is 14.1. The maximum absolute atomic E-state index is 12.5. The van der Waals surface area contributed by atoms with Crippen molar-refractivity contribution in [1.82, 2.24) is 5.06 Å². The Morgan fingerprint density at radius 3 is 2.28 bits per heavy atom. The third kappa shape index (κ3) is 5.40. The second kappa shape index (κ2) is 8.55. The molecule has 0 heterocycles. The molecule has 2 aromatic carbocycles. The third-order valence-corrected chi connectivity index (χ3v) is 3.31. The van der Waals surface area contributed by atoms with Crippen molar-refractivity contribution in [3.8, 4) is 0 Å². The van der Waals surface area contributed by atoms with Crippen molar-refractivity contribution in [2.24, 2.45) is 0 Å². The molecule has 1 N–H and O–H groups in total. The number of rotatable bonds is 8. The normalized spacial score (nSPS) is 10.2. The van der Waals surface area contributed by atoms with E-state index >= 15 is 0 Å². The summed E-state index contributed by atoms with van der Waals surface area (Å²) in [5.41, 5.74) is 0.849. The number of nitro groups is 1. The summed E-state index contributed by atoms with van der Waals surface area (Å²) in [7, 11) is 0. The summed E-state index contributed by atoms with van der Waals surface area (Å²) in [6.07, 6.45) is -0.284. The number of hydrogen-bond acceptors (Lipinski definition) is 5. The zero-order valence-corrected chi connectivity index (χ0v) is 13.2. The van der Waals surface area contributed by atoms with Gasteiger partial charge in [-0.1, -0.05) is 30.3 Å². The van der Waals surface area contributed by atoms with Gasteiger partial charge < -0.3 is 5.11 Å². The summed E-state index contributed by atoms with van der Waals surface area (Å²) in [5, 5.41) is 20.5. The Bertz CT molecular complexity index is 745. The van der Waals surface area contributed by atoms with E-state index in [0.717, 1.165) is 10.6 Å². The molecule has 0 spiro atoms. The second-order valence-corrected chi connectivity index (χ2v) is 5.11. The smallest absolute Gasteiger partial charge is 0.305 e.